The van der Waals surface area contributed by atoms with Gasteiger partial charge < -0.3 is 14.6 Å². The van der Waals surface area contributed by atoms with E-state index >= 15 is 0 Å². The lowest BCUT2D eigenvalue weighted by Gasteiger charge is -2.11. The number of ether oxygens (including phenoxy) is 1. The number of nitrogens with zero attached hydrogens (tertiary/aromatic N) is 3. The van der Waals surface area contributed by atoms with Crippen molar-refractivity contribution in [2.75, 3.05) is 12.4 Å². The molecule has 1 amide bonds. The molecule has 0 fully saturated rings. The fourth-order valence-electron chi connectivity index (χ4n) is 2.29. The molecule has 0 aliphatic carbocycles. The van der Waals surface area contributed by atoms with Crippen LogP contribution in [0.5, 0.6) is 5.75 Å². The summed E-state index contributed by atoms with van der Waals surface area (Å²) in [5.41, 5.74) is 0.660. The summed E-state index contributed by atoms with van der Waals surface area (Å²) < 4.78 is 11.2. The third kappa shape index (κ3) is 3.92. The van der Waals surface area contributed by atoms with Crippen LogP contribution in [-0.2, 0) is 11.3 Å². The lowest BCUT2D eigenvalue weighted by molar-refractivity contribution is -0.117. The molecule has 0 bridgehead atoms. The Bertz CT molecular complexity index is 995. The summed E-state index contributed by atoms with van der Waals surface area (Å²) in [6.45, 7) is 1.42. The smallest absolute Gasteiger partial charge is 0.270 e. The second-order valence-electron chi connectivity index (χ2n) is 5.44. The molecule has 1 N–H and O–H groups in total. The van der Waals surface area contributed by atoms with Gasteiger partial charge in [-0.15, -0.1) is 0 Å². The van der Waals surface area contributed by atoms with Crippen molar-refractivity contribution in [2.45, 2.75) is 13.5 Å². The monoisotopic (exact) mass is 374 g/mol. The van der Waals surface area contributed by atoms with Crippen molar-refractivity contribution >= 4 is 23.3 Å². The normalized spacial score (nSPS) is 10.6. The fourth-order valence-corrected chi connectivity index (χ4v) is 2.42. The van der Waals surface area contributed by atoms with Crippen molar-refractivity contribution in [3.05, 3.63) is 57.5 Å². The van der Waals surface area contributed by atoms with Gasteiger partial charge in [-0.1, -0.05) is 28.9 Å². The van der Waals surface area contributed by atoms with Gasteiger partial charge >= 0.3 is 0 Å². The van der Waals surface area contributed by atoms with Gasteiger partial charge in [-0.3, -0.25) is 9.59 Å². The number of benzene rings is 1. The average Bonchev–Trinajstić information content (AvgIpc) is 3.01. The van der Waals surface area contributed by atoms with Gasteiger partial charge in [-0.05, 0) is 19.1 Å². The highest BCUT2D eigenvalue weighted by atomic mass is 35.5. The van der Waals surface area contributed by atoms with Crippen LogP contribution in [0.25, 0.3) is 11.3 Å². The average molecular weight is 375 g/mol. The minimum Gasteiger partial charge on any atom is -0.494 e. The molecule has 0 aliphatic rings. The number of halogens is 1. The molecule has 134 valence electrons. The van der Waals surface area contributed by atoms with Crippen LogP contribution in [0.2, 0.25) is 5.02 Å². The number of carbonyl (C=O) groups excluding carboxylic acids is 1. The number of hydrogen-bond donors (Lipinski definition) is 1. The van der Waals surface area contributed by atoms with E-state index in [4.69, 9.17) is 20.9 Å². The zero-order valence-corrected chi connectivity index (χ0v) is 14.8. The van der Waals surface area contributed by atoms with E-state index in [-0.39, 0.29) is 12.4 Å². The molecule has 3 aromatic rings. The zero-order chi connectivity index (χ0) is 18.7. The number of amides is 1. The minimum atomic E-state index is -0.467. The van der Waals surface area contributed by atoms with Crippen molar-refractivity contribution in [3.8, 4) is 17.0 Å². The van der Waals surface area contributed by atoms with Crippen LogP contribution in [0, 0.1) is 6.92 Å². The van der Waals surface area contributed by atoms with E-state index in [1.54, 1.807) is 37.3 Å². The molecule has 0 atom stereocenters. The Morgan fingerprint density at radius 2 is 2.04 bits per heavy atom. The van der Waals surface area contributed by atoms with Crippen LogP contribution in [-0.4, -0.2) is 28.0 Å². The van der Waals surface area contributed by atoms with Gasteiger partial charge in [0, 0.05) is 22.7 Å². The standard InChI is InChI=1S/C17H15ClN4O4/c1-10-7-14(21-26-10)19-15(23)9-22-16(24)8-13(25-2)17(20-22)11-3-5-12(18)6-4-11/h3-8H,9H2,1-2H3,(H,19,21,23). The van der Waals surface area contributed by atoms with Crippen molar-refractivity contribution in [2.24, 2.45) is 0 Å². The Labute approximate surface area is 153 Å². The van der Waals surface area contributed by atoms with E-state index in [0.717, 1.165) is 4.68 Å². The van der Waals surface area contributed by atoms with Crippen LogP contribution in [0.3, 0.4) is 0 Å². The van der Waals surface area contributed by atoms with Crippen LogP contribution >= 0.6 is 11.6 Å². The molecular weight excluding hydrogens is 360 g/mol. The Kier molecular flexibility index (Phi) is 5.04. The van der Waals surface area contributed by atoms with E-state index in [0.29, 0.717) is 27.8 Å². The van der Waals surface area contributed by atoms with Crippen LogP contribution in [0.1, 0.15) is 5.76 Å². The van der Waals surface area contributed by atoms with Gasteiger partial charge in [-0.2, -0.15) is 5.10 Å². The van der Waals surface area contributed by atoms with Crippen molar-refractivity contribution < 1.29 is 14.1 Å². The number of hydrogen-bond acceptors (Lipinski definition) is 6. The Hall–Kier alpha value is -3.13. The summed E-state index contributed by atoms with van der Waals surface area (Å²) in [5.74, 6) is 0.679. The number of methoxy groups -OCH3 is 1. The van der Waals surface area contributed by atoms with E-state index in [9.17, 15) is 9.59 Å². The topological polar surface area (TPSA) is 99.2 Å². The predicted octanol–water partition coefficient (Wildman–Crippen LogP) is 2.51. The molecule has 2 aromatic heterocycles. The molecule has 9 heteroatoms. The second kappa shape index (κ2) is 7.40. The number of aryl methyl sites for hydroxylation is 1. The van der Waals surface area contributed by atoms with Gasteiger partial charge in [0.2, 0.25) is 5.91 Å². The summed E-state index contributed by atoms with van der Waals surface area (Å²) >= 11 is 5.90. The molecule has 2 heterocycles. The van der Waals surface area contributed by atoms with E-state index in [1.165, 1.54) is 13.2 Å². The number of rotatable bonds is 5. The lowest BCUT2D eigenvalue weighted by atomic mass is 10.1. The van der Waals surface area contributed by atoms with Crippen LogP contribution in [0.15, 0.2) is 45.7 Å². The first-order chi connectivity index (χ1) is 12.5. The molecule has 1 aromatic carbocycles. The van der Waals surface area contributed by atoms with Gasteiger partial charge in [0.15, 0.2) is 11.6 Å². The molecule has 0 unspecified atom stereocenters. The Morgan fingerprint density at radius 3 is 2.65 bits per heavy atom. The van der Waals surface area contributed by atoms with Gasteiger partial charge in [0.25, 0.3) is 5.56 Å². The molecule has 0 spiro atoms. The lowest BCUT2D eigenvalue weighted by Crippen LogP contribution is -2.29. The molecule has 8 nitrogen and oxygen atoms in total. The predicted molar refractivity (Wildman–Crippen MR) is 95.4 cm³/mol. The van der Waals surface area contributed by atoms with Crippen LogP contribution in [0.4, 0.5) is 5.82 Å². The summed E-state index contributed by atoms with van der Waals surface area (Å²) in [5, 5.41) is 11.0. The maximum atomic E-state index is 12.2. The number of carbonyl (C=O) groups is 1. The van der Waals surface area contributed by atoms with Gasteiger partial charge in [0.05, 0.1) is 7.11 Å². The maximum Gasteiger partial charge on any atom is 0.270 e. The van der Waals surface area contributed by atoms with Crippen LogP contribution < -0.4 is 15.6 Å². The maximum absolute atomic E-state index is 12.2. The highest BCUT2D eigenvalue weighted by molar-refractivity contribution is 6.30. The highest BCUT2D eigenvalue weighted by Gasteiger charge is 2.14. The van der Waals surface area contributed by atoms with Crippen molar-refractivity contribution in [1.29, 1.82) is 0 Å². The van der Waals surface area contributed by atoms with E-state index in [1.807, 2.05) is 0 Å². The summed E-state index contributed by atoms with van der Waals surface area (Å²) in [6, 6.07) is 9.76. The van der Waals surface area contributed by atoms with Gasteiger partial charge in [-0.25, -0.2) is 4.68 Å². The zero-order valence-electron chi connectivity index (χ0n) is 14.0. The Morgan fingerprint density at radius 1 is 1.31 bits per heavy atom. The largest absolute Gasteiger partial charge is 0.494 e. The van der Waals surface area contributed by atoms with E-state index < -0.39 is 11.5 Å². The molecule has 26 heavy (non-hydrogen) atoms. The Balaban J connectivity index is 1.89. The number of nitrogens with one attached hydrogen (secondary N) is 1. The molecule has 0 saturated heterocycles. The molecule has 0 radical (unpaired) electrons. The summed E-state index contributed by atoms with van der Waals surface area (Å²) in [7, 11) is 1.44. The molecule has 0 aliphatic heterocycles. The second-order valence-corrected chi connectivity index (χ2v) is 5.87. The quantitative estimate of drug-likeness (QED) is 0.736. The SMILES string of the molecule is COc1cc(=O)n(CC(=O)Nc2cc(C)on2)nc1-c1ccc(Cl)cc1. The fraction of sp³-hybridized carbons (Fsp3) is 0.176. The number of aromatic nitrogens is 3. The summed E-state index contributed by atoms with van der Waals surface area (Å²) in [6.07, 6.45) is 0. The molecular formula is C17H15ClN4O4. The first-order valence-electron chi connectivity index (χ1n) is 7.61. The van der Waals surface area contributed by atoms with Crippen molar-refractivity contribution in [3.63, 3.8) is 0 Å². The molecule has 3 rings (SSSR count). The first-order valence-corrected chi connectivity index (χ1v) is 7.99. The number of anilines is 1. The highest BCUT2D eigenvalue weighted by Crippen LogP contribution is 2.27. The minimum absolute atomic E-state index is 0.270. The third-order valence-electron chi connectivity index (χ3n) is 3.49. The van der Waals surface area contributed by atoms with E-state index in [2.05, 4.69) is 15.6 Å². The summed E-state index contributed by atoms with van der Waals surface area (Å²) in [4.78, 5) is 24.4. The van der Waals surface area contributed by atoms with Gasteiger partial charge in [0.1, 0.15) is 18.0 Å². The third-order valence-corrected chi connectivity index (χ3v) is 3.74. The van der Waals surface area contributed by atoms with Crippen molar-refractivity contribution in [1.82, 2.24) is 14.9 Å². The first kappa shape index (κ1) is 17.7. The molecule has 0 saturated carbocycles.